The lowest BCUT2D eigenvalue weighted by Gasteiger charge is -2.33. The second-order valence-corrected chi connectivity index (χ2v) is 4.41. The molecule has 2 heterocycles. The maximum atomic E-state index is 12.1. The Balaban J connectivity index is 2.09. The summed E-state index contributed by atoms with van der Waals surface area (Å²) in [6.45, 7) is 0.377. The van der Waals surface area contributed by atoms with E-state index in [-0.39, 0.29) is 23.7 Å². The van der Waals surface area contributed by atoms with E-state index >= 15 is 0 Å². The van der Waals surface area contributed by atoms with Crippen molar-refractivity contribution in [3.63, 3.8) is 0 Å². The molecule has 1 saturated heterocycles. The fraction of sp³-hybridized carbons (Fsp3) is 0.417. The molecule has 0 spiro atoms. The van der Waals surface area contributed by atoms with Gasteiger partial charge in [-0.2, -0.15) is 0 Å². The van der Waals surface area contributed by atoms with Gasteiger partial charge >= 0.3 is 5.97 Å². The monoisotopic (exact) mass is 266 g/mol. The van der Waals surface area contributed by atoms with Crippen LogP contribution in [0.4, 0.5) is 0 Å². The lowest BCUT2D eigenvalue weighted by atomic mass is 10.0. The number of aliphatic hydroxyl groups is 2. The lowest BCUT2D eigenvalue weighted by molar-refractivity contribution is -0.0323. The van der Waals surface area contributed by atoms with Crippen LogP contribution in [0, 0.1) is 0 Å². The number of hydrogen-bond donors (Lipinski definition) is 3. The number of hydrogen-bond acceptors (Lipinski definition) is 5. The van der Waals surface area contributed by atoms with Crippen molar-refractivity contribution >= 4 is 11.9 Å². The Morgan fingerprint density at radius 1 is 1.26 bits per heavy atom. The molecule has 2 unspecified atom stereocenters. The third-order valence-electron chi connectivity index (χ3n) is 3.06. The summed E-state index contributed by atoms with van der Waals surface area (Å²) >= 11 is 0. The fourth-order valence-corrected chi connectivity index (χ4v) is 1.91. The van der Waals surface area contributed by atoms with Crippen molar-refractivity contribution < 1.29 is 24.9 Å². The predicted octanol–water partition coefficient (Wildman–Crippen LogP) is -0.653. The molecule has 0 saturated carbocycles. The van der Waals surface area contributed by atoms with E-state index < -0.39 is 18.2 Å². The van der Waals surface area contributed by atoms with Crippen LogP contribution in [-0.2, 0) is 0 Å². The van der Waals surface area contributed by atoms with E-state index in [0.717, 1.165) is 6.20 Å². The Kier molecular flexibility index (Phi) is 3.77. The van der Waals surface area contributed by atoms with Crippen molar-refractivity contribution in [2.24, 2.45) is 0 Å². The average molecular weight is 266 g/mol. The highest BCUT2D eigenvalue weighted by Crippen LogP contribution is 2.13. The predicted molar refractivity (Wildman–Crippen MR) is 63.7 cm³/mol. The molecule has 19 heavy (non-hydrogen) atoms. The molecule has 0 bridgehead atoms. The van der Waals surface area contributed by atoms with Gasteiger partial charge in [-0.3, -0.25) is 9.78 Å². The first-order valence-electron chi connectivity index (χ1n) is 5.84. The summed E-state index contributed by atoms with van der Waals surface area (Å²) in [5.74, 6) is -1.49. The van der Waals surface area contributed by atoms with Crippen molar-refractivity contribution in [2.75, 3.05) is 13.1 Å². The van der Waals surface area contributed by atoms with Gasteiger partial charge in [-0.05, 0) is 18.6 Å². The SMILES string of the molecule is O=C(O)c1ccc(C(=O)N2CCC(O)C(O)C2)nc1. The molecule has 1 fully saturated rings. The number of carbonyl (C=O) groups is 2. The topological polar surface area (TPSA) is 111 Å². The Hall–Kier alpha value is -1.99. The molecule has 1 aliphatic heterocycles. The standard InChI is InChI=1S/C12H14N2O5/c15-9-3-4-14(6-10(9)16)11(17)8-2-1-7(5-13-8)12(18)19/h1-2,5,9-10,15-16H,3-4,6H2,(H,18,19). The number of β-amino-alcohol motifs (C(OH)–C–C–N with tert-alkyl or cyclic N) is 1. The first-order chi connectivity index (χ1) is 8.99. The van der Waals surface area contributed by atoms with Crippen molar-refractivity contribution in [3.8, 4) is 0 Å². The number of aromatic carboxylic acids is 1. The Morgan fingerprint density at radius 3 is 2.53 bits per heavy atom. The molecule has 1 aromatic rings. The number of rotatable bonds is 2. The summed E-state index contributed by atoms with van der Waals surface area (Å²) < 4.78 is 0. The number of nitrogens with zero attached hydrogens (tertiary/aromatic N) is 2. The number of piperidine rings is 1. The molecule has 1 aliphatic rings. The first kappa shape index (κ1) is 13.4. The van der Waals surface area contributed by atoms with Crippen LogP contribution in [0.1, 0.15) is 27.3 Å². The molecular formula is C12H14N2O5. The molecule has 1 amide bonds. The average Bonchev–Trinajstić information content (AvgIpc) is 2.41. The van der Waals surface area contributed by atoms with Gasteiger partial charge in [0.25, 0.3) is 5.91 Å². The summed E-state index contributed by atoms with van der Waals surface area (Å²) in [5.41, 5.74) is 0.124. The van der Waals surface area contributed by atoms with Gasteiger partial charge in [0.2, 0.25) is 0 Å². The quantitative estimate of drug-likeness (QED) is 0.656. The zero-order valence-electron chi connectivity index (χ0n) is 10.1. The van der Waals surface area contributed by atoms with Crippen LogP contribution in [0.5, 0.6) is 0 Å². The summed E-state index contributed by atoms with van der Waals surface area (Å²) in [4.78, 5) is 27.9. The van der Waals surface area contributed by atoms with Gasteiger partial charge in [0.15, 0.2) is 0 Å². The maximum absolute atomic E-state index is 12.1. The molecule has 0 aliphatic carbocycles. The summed E-state index contributed by atoms with van der Waals surface area (Å²) in [5, 5.41) is 27.6. The van der Waals surface area contributed by atoms with Gasteiger partial charge in [-0.1, -0.05) is 0 Å². The van der Waals surface area contributed by atoms with Crippen molar-refractivity contribution in [3.05, 3.63) is 29.6 Å². The van der Waals surface area contributed by atoms with Gasteiger partial charge < -0.3 is 20.2 Å². The van der Waals surface area contributed by atoms with Gasteiger partial charge in [-0.25, -0.2) is 4.79 Å². The van der Waals surface area contributed by atoms with E-state index in [2.05, 4.69) is 4.98 Å². The van der Waals surface area contributed by atoms with Crippen LogP contribution in [0.15, 0.2) is 18.3 Å². The summed E-state index contributed by atoms with van der Waals surface area (Å²) in [6.07, 6.45) is -0.354. The molecule has 3 N–H and O–H groups in total. The molecule has 2 rings (SSSR count). The Bertz CT molecular complexity index is 487. The number of carbonyl (C=O) groups excluding carboxylic acids is 1. The molecular weight excluding hydrogens is 252 g/mol. The van der Waals surface area contributed by atoms with E-state index in [9.17, 15) is 19.8 Å². The minimum atomic E-state index is -1.11. The number of pyridine rings is 1. The molecule has 102 valence electrons. The van der Waals surface area contributed by atoms with Gasteiger partial charge in [0.05, 0.1) is 17.8 Å². The van der Waals surface area contributed by atoms with Gasteiger partial charge in [-0.15, -0.1) is 0 Å². The molecule has 7 nitrogen and oxygen atoms in total. The second-order valence-electron chi connectivity index (χ2n) is 4.41. The third-order valence-corrected chi connectivity index (χ3v) is 3.06. The minimum absolute atomic E-state index is 0.00523. The van der Waals surface area contributed by atoms with Crippen molar-refractivity contribution in [1.29, 1.82) is 0 Å². The van der Waals surface area contributed by atoms with E-state index in [1.807, 2.05) is 0 Å². The maximum Gasteiger partial charge on any atom is 0.337 e. The van der Waals surface area contributed by atoms with Gasteiger partial charge in [0, 0.05) is 19.3 Å². The number of carboxylic acid groups (broad SMARTS) is 1. The van der Waals surface area contributed by atoms with Crippen LogP contribution >= 0.6 is 0 Å². The second kappa shape index (κ2) is 5.33. The zero-order chi connectivity index (χ0) is 14.0. The van der Waals surface area contributed by atoms with E-state index in [0.29, 0.717) is 13.0 Å². The Labute approximate surface area is 109 Å². The Morgan fingerprint density at radius 2 is 2.00 bits per heavy atom. The molecule has 7 heteroatoms. The minimum Gasteiger partial charge on any atom is -0.478 e. The van der Waals surface area contributed by atoms with Crippen molar-refractivity contribution in [1.82, 2.24) is 9.88 Å². The van der Waals surface area contributed by atoms with Crippen LogP contribution in [0.3, 0.4) is 0 Å². The molecule has 0 aromatic carbocycles. The fourth-order valence-electron chi connectivity index (χ4n) is 1.91. The highest BCUT2D eigenvalue weighted by atomic mass is 16.4. The number of amides is 1. The zero-order valence-corrected chi connectivity index (χ0v) is 10.1. The number of carboxylic acids is 1. The molecule has 2 atom stereocenters. The largest absolute Gasteiger partial charge is 0.478 e. The summed E-state index contributed by atoms with van der Waals surface area (Å²) in [6, 6.07) is 2.64. The van der Waals surface area contributed by atoms with Crippen LogP contribution < -0.4 is 0 Å². The van der Waals surface area contributed by atoms with E-state index in [4.69, 9.17) is 5.11 Å². The number of aromatic nitrogens is 1. The normalized spacial score (nSPS) is 23.2. The van der Waals surface area contributed by atoms with Crippen molar-refractivity contribution in [2.45, 2.75) is 18.6 Å². The number of aliphatic hydroxyl groups excluding tert-OH is 2. The van der Waals surface area contributed by atoms with Crippen LogP contribution in [0.25, 0.3) is 0 Å². The van der Waals surface area contributed by atoms with Crippen LogP contribution in [0.2, 0.25) is 0 Å². The highest BCUT2D eigenvalue weighted by Gasteiger charge is 2.29. The molecule has 0 radical (unpaired) electrons. The summed E-state index contributed by atoms with van der Waals surface area (Å²) in [7, 11) is 0. The lowest BCUT2D eigenvalue weighted by Crippen LogP contribution is -2.49. The number of likely N-dealkylation sites (tertiary alicyclic amines) is 1. The molecule has 1 aromatic heterocycles. The van der Waals surface area contributed by atoms with E-state index in [1.54, 1.807) is 0 Å². The van der Waals surface area contributed by atoms with Gasteiger partial charge in [0.1, 0.15) is 5.69 Å². The smallest absolute Gasteiger partial charge is 0.337 e. The van der Waals surface area contributed by atoms with E-state index in [1.165, 1.54) is 17.0 Å². The highest BCUT2D eigenvalue weighted by molar-refractivity contribution is 5.93. The van der Waals surface area contributed by atoms with Crippen LogP contribution in [-0.4, -0.2) is 62.4 Å². The third kappa shape index (κ3) is 2.88. The first-order valence-corrected chi connectivity index (χ1v) is 5.84.